The van der Waals surface area contributed by atoms with E-state index in [4.69, 9.17) is 0 Å². The number of rotatable bonds is 3. The minimum absolute atomic E-state index is 0.459. The Bertz CT molecular complexity index is 603. The van der Waals surface area contributed by atoms with Crippen molar-refractivity contribution >= 4 is 11.8 Å². The molecule has 2 heterocycles. The van der Waals surface area contributed by atoms with Gasteiger partial charge in [-0.1, -0.05) is 18.2 Å². The molecule has 0 aliphatic carbocycles. The Labute approximate surface area is 118 Å². The lowest BCUT2D eigenvalue weighted by Gasteiger charge is -2.13. The second-order valence-electron chi connectivity index (χ2n) is 5.06. The summed E-state index contributed by atoms with van der Waals surface area (Å²) in [6.07, 6.45) is 0. The van der Waals surface area contributed by atoms with Crippen molar-refractivity contribution in [2.75, 3.05) is 5.75 Å². The van der Waals surface area contributed by atoms with Crippen molar-refractivity contribution in [2.24, 2.45) is 7.05 Å². The molecule has 1 aliphatic rings. The smallest absolute Gasteiger partial charge is 0.0641 e. The molecule has 0 radical (unpaired) electrons. The van der Waals surface area contributed by atoms with Crippen molar-refractivity contribution in [3.05, 3.63) is 46.8 Å². The van der Waals surface area contributed by atoms with Crippen LogP contribution in [0.1, 0.15) is 28.6 Å². The molecule has 3 rings (SSSR count). The summed E-state index contributed by atoms with van der Waals surface area (Å²) in [6, 6.07) is 9.14. The Morgan fingerprint density at radius 3 is 2.89 bits per heavy atom. The lowest BCUT2D eigenvalue weighted by Crippen LogP contribution is -2.21. The fourth-order valence-electron chi connectivity index (χ4n) is 2.63. The van der Waals surface area contributed by atoms with Crippen molar-refractivity contribution in [1.82, 2.24) is 15.1 Å². The topological polar surface area (TPSA) is 29.9 Å². The second kappa shape index (κ2) is 5.02. The molecular weight excluding hydrogens is 254 g/mol. The van der Waals surface area contributed by atoms with Crippen LogP contribution in [0.25, 0.3) is 0 Å². The van der Waals surface area contributed by atoms with Crippen LogP contribution < -0.4 is 5.32 Å². The van der Waals surface area contributed by atoms with E-state index in [9.17, 15) is 0 Å². The van der Waals surface area contributed by atoms with Gasteiger partial charge >= 0.3 is 0 Å². The highest BCUT2D eigenvalue weighted by molar-refractivity contribution is 7.99. The predicted octanol–water partition coefficient (Wildman–Crippen LogP) is 2.97. The molecule has 0 fully saturated rings. The highest BCUT2D eigenvalue weighted by Crippen LogP contribution is 2.37. The molecule has 0 bridgehead atoms. The first kappa shape index (κ1) is 12.8. The van der Waals surface area contributed by atoms with Gasteiger partial charge in [0.2, 0.25) is 0 Å². The zero-order chi connectivity index (χ0) is 13.4. The number of aryl methyl sites for hydroxylation is 2. The minimum atomic E-state index is 0.459. The molecule has 0 saturated heterocycles. The van der Waals surface area contributed by atoms with E-state index in [1.165, 1.54) is 21.7 Å². The van der Waals surface area contributed by atoms with E-state index in [1.54, 1.807) is 0 Å². The van der Waals surface area contributed by atoms with Gasteiger partial charge in [0.1, 0.15) is 0 Å². The Balaban J connectivity index is 1.74. The zero-order valence-electron chi connectivity index (χ0n) is 11.6. The average molecular weight is 273 g/mol. The van der Waals surface area contributed by atoms with Gasteiger partial charge < -0.3 is 5.32 Å². The molecule has 100 valence electrons. The number of benzene rings is 1. The molecule has 1 N–H and O–H groups in total. The predicted molar refractivity (Wildman–Crippen MR) is 79.4 cm³/mol. The first-order chi connectivity index (χ1) is 9.16. The summed E-state index contributed by atoms with van der Waals surface area (Å²) in [5.41, 5.74) is 5.15. The van der Waals surface area contributed by atoms with Crippen LogP contribution in [0.15, 0.2) is 29.2 Å². The van der Waals surface area contributed by atoms with Crippen molar-refractivity contribution in [2.45, 2.75) is 31.3 Å². The summed E-state index contributed by atoms with van der Waals surface area (Å²) in [7, 11) is 2.01. The van der Waals surface area contributed by atoms with E-state index in [1.807, 2.05) is 23.5 Å². The van der Waals surface area contributed by atoms with Gasteiger partial charge in [-0.05, 0) is 25.5 Å². The van der Waals surface area contributed by atoms with Crippen molar-refractivity contribution in [3.8, 4) is 0 Å². The van der Waals surface area contributed by atoms with Crippen molar-refractivity contribution in [1.29, 1.82) is 0 Å². The molecule has 0 spiro atoms. The summed E-state index contributed by atoms with van der Waals surface area (Å²) in [4.78, 5) is 1.42. The molecule has 0 saturated carbocycles. The Kier molecular flexibility index (Phi) is 3.37. The maximum absolute atomic E-state index is 4.47. The zero-order valence-corrected chi connectivity index (χ0v) is 12.4. The molecule has 1 atom stereocenters. The Hall–Kier alpha value is -1.26. The molecule has 2 aromatic rings. The molecule has 1 aromatic heterocycles. The van der Waals surface area contributed by atoms with Crippen LogP contribution in [0.3, 0.4) is 0 Å². The van der Waals surface area contributed by atoms with Crippen LogP contribution in [0.2, 0.25) is 0 Å². The molecule has 4 heteroatoms. The van der Waals surface area contributed by atoms with E-state index in [-0.39, 0.29) is 0 Å². The fourth-order valence-corrected chi connectivity index (χ4v) is 3.83. The number of aromatic nitrogens is 2. The third kappa shape index (κ3) is 2.30. The van der Waals surface area contributed by atoms with E-state index in [2.05, 4.69) is 48.5 Å². The van der Waals surface area contributed by atoms with Gasteiger partial charge in [0.15, 0.2) is 0 Å². The third-order valence-corrected chi connectivity index (χ3v) is 5.07. The SMILES string of the molecule is Cc1nn(C)c(C)c1CNC1CSc2ccccc21. The highest BCUT2D eigenvalue weighted by atomic mass is 32.2. The quantitative estimate of drug-likeness (QED) is 0.932. The summed E-state index contributed by atoms with van der Waals surface area (Å²) < 4.78 is 1.96. The van der Waals surface area contributed by atoms with Gasteiger partial charge in [-0.2, -0.15) is 5.10 Å². The van der Waals surface area contributed by atoms with Gasteiger partial charge in [0, 0.05) is 41.5 Å². The van der Waals surface area contributed by atoms with Crippen molar-refractivity contribution in [3.63, 3.8) is 0 Å². The summed E-state index contributed by atoms with van der Waals surface area (Å²) in [5, 5.41) is 8.15. The molecule has 3 nitrogen and oxygen atoms in total. The van der Waals surface area contributed by atoms with Crippen LogP contribution in [0.4, 0.5) is 0 Å². The largest absolute Gasteiger partial charge is 0.305 e. The summed E-state index contributed by atoms with van der Waals surface area (Å²) >= 11 is 1.94. The highest BCUT2D eigenvalue weighted by Gasteiger charge is 2.22. The molecule has 19 heavy (non-hydrogen) atoms. The normalized spacial score (nSPS) is 17.7. The van der Waals surface area contributed by atoms with Gasteiger partial charge in [0.25, 0.3) is 0 Å². The van der Waals surface area contributed by atoms with Gasteiger partial charge in [-0.15, -0.1) is 11.8 Å². The van der Waals surface area contributed by atoms with Crippen molar-refractivity contribution < 1.29 is 0 Å². The standard InChI is InChI=1S/C15H19N3S/c1-10-13(11(2)18(3)17-10)8-16-14-9-19-15-7-5-4-6-12(14)15/h4-7,14,16H,8-9H2,1-3H3. The fraction of sp³-hybridized carbons (Fsp3) is 0.400. The van der Waals surface area contributed by atoms with Gasteiger partial charge in [-0.3, -0.25) is 4.68 Å². The molecule has 1 unspecified atom stereocenters. The first-order valence-corrected chi connectivity index (χ1v) is 7.59. The molecule has 1 aromatic carbocycles. The van der Waals surface area contributed by atoms with E-state index in [0.29, 0.717) is 6.04 Å². The van der Waals surface area contributed by atoms with Crippen LogP contribution in [0.5, 0.6) is 0 Å². The number of nitrogens with one attached hydrogen (secondary N) is 1. The monoisotopic (exact) mass is 273 g/mol. The number of hydrogen-bond acceptors (Lipinski definition) is 3. The van der Waals surface area contributed by atoms with E-state index in [0.717, 1.165) is 18.0 Å². The Morgan fingerprint density at radius 1 is 1.37 bits per heavy atom. The molecule has 1 aliphatic heterocycles. The van der Waals surface area contributed by atoms with Crippen LogP contribution in [-0.2, 0) is 13.6 Å². The lowest BCUT2D eigenvalue weighted by atomic mass is 10.1. The Morgan fingerprint density at radius 2 is 2.16 bits per heavy atom. The number of hydrogen-bond donors (Lipinski definition) is 1. The second-order valence-corrected chi connectivity index (χ2v) is 6.12. The number of nitrogens with zero attached hydrogens (tertiary/aromatic N) is 2. The molecular formula is C15H19N3S. The number of fused-ring (bicyclic) bond motifs is 1. The van der Waals surface area contributed by atoms with Crippen LogP contribution in [0, 0.1) is 13.8 Å². The maximum Gasteiger partial charge on any atom is 0.0641 e. The summed E-state index contributed by atoms with van der Waals surface area (Å²) in [5.74, 6) is 1.12. The summed E-state index contributed by atoms with van der Waals surface area (Å²) in [6.45, 7) is 5.11. The first-order valence-electron chi connectivity index (χ1n) is 6.61. The average Bonchev–Trinajstić information content (AvgIpc) is 2.91. The third-order valence-electron chi connectivity index (χ3n) is 3.88. The minimum Gasteiger partial charge on any atom is -0.305 e. The lowest BCUT2D eigenvalue weighted by molar-refractivity contribution is 0.580. The van der Waals surface area contributed by atoms with Crippen LogP contribution >= 0.6 is 11.8 Å². The number of thioether (sulfide) groups is 1. The van der Waals surface area contributed by atoms with E-state index >= 15 is 0 Å². The van der Waals surface area contributed by atoms with Gasteiger partial charge in [0.05, 0.1) is 5.69 Å². The maximum atomic E-state index is 4.47. The van der Waals surface area contributed by atoms with E-state index < -0.39 is 0 Å². The van der Waals surface area contributed by atoms with Crippen LogP contribution in [-0.4, -0.2) is 15.5 Å². The van der Waals surface area contributed by atoms with Gasteiger partial charge in [-0.25, -0.2) is 0 Å². The molecule has 0 amide bonds.